The molecule has 0 aliphatic carbocycles. The topological polar surface area (TPSA) is 84.9 Å². The molecule has 0 fully saturated rings. The Kier molecular flexibility index (Phi) is 4.43. The average Bonchev–Trinajstić information content (AvgIpc) is 2.90. The Labute approximate surface area is 144 Å². The van der Waals surface area contributed by atoms with E-state index in [9.17, 15) is 14.7 Å². The standard InChI is InChI=1S/C19H16O6/c1-11(19(21)22)24-13-7-8-14-16(10-13)25-17(18(14)20)9-12-5-3-4-6-15(12)23-2/h3-11H,1-2H3,(H,21,22)/p-1/t11-/m0/s1. The zero-order valence-corrected chi connectivity index (χ0v) is 13.6. The van der Waals surface area contributed by atoms with Crippen LogP contribution < -0.4 is 19.3 Å². The summed E-state index contributed by atoms with van der Waals surface area (Å²) < 4.78 is 16.1. The fraction of sp³-hybridized carbons (Fsp3) is 0.158. The van der Waals surface area contributed by atoms with Gasteiger partial charge >= 0.3 is 0 Å². The van der Waals surface area contributed by atoms with E-state index in [-0.39, 0.29) is 17.3 Å². The third-order valence-corrected chi connectivity index (χ3v) is 3.71. The molecular formula is C19H15O6-. The second-order valence-electron chi connectivity index (χ2n) is 5.42. The number of para-hydroxylation sites is 1. The van der Waals surface area contributed by atoms with Gasteiger partial charge in [0.15, 0.2) is 5.76 Å². The van der Waals surface area contributed by atoms with E-state index in [1.54, 1.807) is 19.3 Å². The lowest BCUT2D eigenvalue weighted by molar-refractivity contribution is -0.312. The molecule has 0 unspecified atom stereocenters. The molecule has 0 spiro atoms. The Balaban J connectivity index is 1.88. The van der Waals surface area contributed by atoms with Crippen LogP contribution in [-0.4, -0.2) is 25.0 Å². The van der Waals surface area contributed by atoms with E-state index in [1.807, 2.05) is 18.2 Å². The zero-order chi connectivity index (χ0) is 18.0. The highest BCUT2D eigenvalue weighted by Crippen LogP contribution is 2.35. The second kappa shape index (κ2) is 6.68. The maximum Gasteiger partial charge on any atom is 0.231 e. The molecule has 0 saturated carbocycles. The van der Waals surface area contributed by atoms with Crippen molar-refractivity contribution in [3.63, 3.8) is 0 Å². The number of benzene rings is 2. The Morgan fingerprint density at radius 2 is 2.00 bits per heavy atom. The van der Waals surface area contributed by atoms with Crippen LogP contribution in [0.3, 0.4) is 0 Å². The molecule has 0 N–H and O–H groups in total. The maximum absolute atomic E-state index is 12.5. The third-order valence-electron chi connectivity index (χ3n) is 3.71. The molecule has 0 aromatic heterocycles. The molecule has 0 saturated heterocycles. The van der Waals surface area contributed by atoms with Crippen molar-refractivity contribution >= 4 is 17.8 Å². The number of ketones is 1. The number of Topliss-reactive ketones (excluding diaryl/α,β-unsaturated/α-hetero) is 1. The molecule has 1 aliphatic heterocycles. The van der Waals surface area contributed by atoms with Crippen LogP contribution in [0.15, 0.2) is 48.2 Å². The molecule has 0 bridgehead atoms. The molecule has 1 aliphatic rings. The minimum Gasteiger partial charge on any atom is -0.546 e. The minimum absolute atomic E-state index is 0.157. The van der Waals surface area contributed by atoms with Crippen molar-refractivity contribution in [1.82, 2.24) is 0 Å². The highest BCUT2D eigenvalue weighted by atomic mass is 16.5. The van der Waals surface area contributed by atoms with Gasteiger partial charge in [0.25, 0.3) is 0 Å². The Hall–Kier alpha value is -3.28. The Morgan fingerprint density at radius 1 is 1.24 bits per heavy atom. The van der Waals surface area contributed by atoms with E-state index >= 15 is 0 Å². The van der Waals surface area contributed by atoms with Crippen LogP contribution in [0.25, 0.3) is 6.08 Å². The van der Waals surface area contributed by atoms with Crippen LogP contribution in [0.4, 0.5) is 0 Å². The van der Waals surface area contributed by atoms with Gasteiger partial charge in [0.05, 0.1) is 18.6 Å². The summed E-state index contributed by atoms with van der Waals surface area (Å²) in [5.41, 5.74) is 1.10. The third kappa shape index (κ3) is 3.33. The lowest BCUT2D eigenvalue weighted by Crippen LogP contribution is -2.37. The molecule has 128 valence electrons. The van der Waals surface area contributed by atoms with Crippen molar-refractivity contribution in [2.45, 2.75) is 13.0 Å². The maximum atomic E-state index is 12.5. The van der Waals surface area contributed by atoms with Crippen LogP contribution in [0.5, 0.6) is 17.2 Å². The van der Waals surface area contributed by atoms with Crippen molar-refractivity contribution in [1.29, 1.82) is 0 Å². The van der Waals surface area contributed by atoms with Crippen molar-refractivity contribution in [3.05, 3.63) is 59.4 Å². The van der Waals surface area contributed by atoms with E-state index in [0.717, 1.165) is 0 Å². The predicted molar refractivity (Wildman–Crippen MR) is 87.5 cm³/mol. The summed E-state index contributed by atoms with van der Waals surface area (Å²) in [4.78, 5) is 23.2. The van der Waals surface area contributed by atoms with Crippen LogP contribution in [0.1, 0.15) is 22.8 Å². The average molecular weight is 339 g/mol. The number of hydrogen-bond donors (Lipinski definition) is 0. The van der Waals surface area contributed by atoms with Gasteiger partial charge in [0.1, 0.15) is 23.4 Å². The number of ether oxygens (including phenoxy) is 3. The number of fused-ring (bicyclic) bond motifs is 1. The van der Waals surface area contributed by atoms with Gasteiger partial charge in [-0.1, -0.05) is 18.2 Å². The van der Waals surface area contributed by atoms with Gasteiger partial charge in [-0.15, -0.1) is 0 Å². The highest BCUT2D eigenvalue weighted by molar-refractivity contribution is 6.14. The highest BCUT2D eigenvalue weighted by Gasteiger charge is 2.28. The van der Waals surface area contributed by atoms with Crippen LogP contribution in [-0.2, 0) is 4.79 Å². The summed E-state index contributed by atoms with van der Waals surface area (Å²) in [6, 6.07) is 11.8. The van der Waals surface area contributed by atoms with Gasteiger partial charge in [-0.2, -0.15) is 0 Å². The number of aliphatic carboxylic acids is 1. The molecule has 0 amide bonds. The number of rotatable bonds is 5. The molecule has 1 atom stereocenters. The number of carboxylic acid groups (broad SMARTS) is 1. The fourth-order valence-electron chi connectivity index (χ4n) is 2.42. The van der Waals surface area contributed by atoms with E-state index < -0.39 is 12.1 Å². The second-order valence-corrected chi connectivity index (χ2v) is 5.42. The summed E-state index contributed by atoms with van der Waals surface area (Å²) in [7, 11) is 1.55. The van der Waals surface area contributed by atoms with Crippen molar-refractivity contribution in [3.8, 4) is 17.2 Å². The summed E-state index contributed by atoms with van der Waals surface area (Å²) in [5, 5.41) is 10.8. The summed E-state index contributed by atoms with van der Waals surface area (Å²) in [5.74, 6) is -0.218. The van der Waals surface area contributed by atoms with Gasteiger partial charge in [0, 0.05) is 11.6 Å². The number of carbonyl (C=O) groups excluding carboxylic acids is 2. The van der Waals surface area contributed by atoms with E-state index in [2.05, 4.69) is 0 Å². The Bertz CT molecular complexity index is 868. The number of methoxy groups -OCH3 is 1. The van der Waals surface area contributed by atoms with Crippen molar-refractivity contribution < 1.29 is 28.9 Å². The van der Waals surface area contributed by atoms with Crippen LogP contribution >= 0.6 is 0 Å². The molecule has 25 heavy (non-hydrogen) atoms. The lowest BCUT2D eigenvalue weighted by Gasteiger charge is -2.15. The van der Waals surface area contributed by atoms with Gasteiger partial charge in [-0.25, -0.2) is 0 Å². The zero-order valence-electron chi connectivity index (χ0n) is 13.6. The molecule has 6 heteroatoms. The molecular weight excluding hydrogens is 324 g/mol. The van der Waals surface area contributed by atoms with Crippen LogP contribution in [0.2, 0.25) is 0 Å². The monoisotopic (exact) mass is 339 g/mol. The van der Waals surface area contributed by atoms with Gasteiger partial charge in [0.2, 0.25) is 5.78 Å². The minimum atomic E-state index is -1.32. The lowest BCUT2D eigenvalue weighted by atomic mass is 10.1. The first-order valence-corrected chi connectivity index (χ1v) is 7.58. The molecule has 2 aromatic carbocycles. The summed E-state index contributed by atoms with van der Waals surface area (Å²) in [6.45, 7) is 1.36. The number of carboxylic acids is 1. The summed E-state index contributed by atoms with van der Waals surface area (Å²) >= 11 is 0. The Morgan fingerprint density at radius 3 is 2.72 bits per heavy atom. The first-order chi connectivity index (χ1) is 12.0. The molecule has 3 rings (SSSR count). The summed E-state index contributed by atoms with van der Waals surface area (Å²) in [6.07, 6.45) is 0.490. The van der Waals surface area contributed by atoms with Crippen molar-refractivity contribution in [2.75, 3.05) is 7.11 Å². The molecule has 6 nitrogen and oxygen atoms in total. The first-order valence-electron chi connectivity index (χ1n) is 7.58. The normalized spacial score (nSPS) is 15.4. The van der Waals surface area contributed by atoms with E-state index in [4.69, 9.17) is 14.2 Å². The molecule has 0 radical (unpaired) electrons. The number of carbonyl (C=O) groups is 2. The predicted octanol–water partition coefficient (Wildman–Crippen LogP) is 1.83. The SMILES string of the molecule is COc1ccccc1C=C1Oc2cc(O[C@@H](C)C(=O)[O-])ccc2C1=O. The van der Waals surface area contributed by atoms with Crippen molar-refractivity contribution in [2.24, 2.45) is 0 Å². The van der Waals surface area contributed by atoms with Crippen LogP contribution in [0, 0.1) is 0 Å². The molecule has 2 aromatic rings. The van der Waals surface area contributed by atoms with E-state index in [0.29, 0.717) is 22.6 Å². The largest absolute Gasteiger partial charge is 0.546 e. The fourth-order valence-corrected chi connectivity index (χ4v) is 2.42. The van der Waals surface area contributed by atoms with Gasteiger partial charge in [-0.3, -0.25) is 4.79 Å². The number of allylic oxidation sites excluding steroid dienone is 1. The molecule has 1 heterocycles. The first kappa shape index (κ1) is 16.6. The van der Waals surface area contributed by atoms with E-state index in [1.165, 1.54) is 25.1 Å². The van der Waals surface area contributed by atoms with Gasteiger partial charge < -0.3 is 24.1 Å². The quantitative estimate of drug-likeness (QED) is 0.773. The smallest absolute Gasteiger partial charge is 0.231 e. The van der Waals surface area contributed by atoms with Gasteiger partial charge in [-0.05, 0) is 31.2 Å². The number of hydrogen-bond acceptors (Lipinski definition) is 6.